The van der Waals surface area contributed by atoms with Crippen molar-refractivity contribution in [1.29, 1.82) is 5.26 Å². The Morgan fingerprint density at radius 3 is 2.53 bits per heavy atom. The SMILES string of the molecule is CC(C)(C)c1ccc(Cl)c2sc(N)c(C#N)c12. The lowest BCUT2D eigenvalue weighted by molar-refractivity contribution is 0.596. The normalized spacial score (nSPS) is 11.7. The average Bonchev–Trinajstić information content (AvgIpc) is 2.54. The molecule has 0 aliphatic rings. The van der Waals surface area contributed by atoms with Crippen LogP contribution in [0, 0.1) is 11.3 Å². The highest BCUT2D eigenvalue weighted by atomic mass is 35.5. The van der Waals surface area contributed by atoms with Crippen LogP contribution in [0.2, 0.25) is 5.02 Å². The topological polar surface area (TPSA) is 49.8 Å². The quantitative estimate of drug-likeness (QED) is 0.771. The molecule has 0 fully saturated rings. The number of nitrogens with zero attached hydrogens (tertiary/aromatic N) is 1. The van der Waals surface area contributed by atoms with Gasteiger partial charge < -0.3 is 5.73 Å². The highest BCUT2D eigenvalue weighted by Crippen LogP contribution is 2.42. The number of thiophene rings is 1. The van der Waals surface area contributed by atoms with Crippen LogP contribution < -0.4 is 5.73 Å². The third kappa shape index (κ3) is 1.88. The zero-order valence-corrected chi connectivity index (χ0v) is 11.5. The third-order valence-electron chi connectivity index (χ3n) is 2.74. The van der Waals surface area contributed by atoms with Gasteiger partial charge in [-0.15, -0.1) is 11.3 Å². The summed E-state index contributed by atoms with van der Waals surface area (Å²) < 4.78 is 0.910. The van der Waals surface area contributed by atoms with Crippen molar-refractivity contribution < 1.29 is 0 Å². The van der Waals surface area contributed by atoms with Gasteiger partial charge in [-0.3, -0.25) is 0 Å². The molecule has 4 heteroatoms. The van der Waals surface area contributed by atoms with Crippen molar-refractivity contribution in [1.82, 2.24) is 0 Å². The maximum Gasteiger partial charge on any atom is 0.105 e. The molecule has 17 heavy (non-hydrogen) atoms. The first kappa shape index (κ1) is 12.2. The molecule has 2 N–H and O–H groups in total. The van der Waals surface area contributed by atoms with Crippen molar-refractivity contribution in [3.8, 4) is 6.07 Å². The molecule has 0 aliphatic carbocycles. The molecule has 1 aromatic carbocycles. The number of nitrogens with two attached hydrogens (primary N) is 1. The number of fused-ring (bicyclic) bond motifs is 1. The van der Waals surface area contributed by atoms with Crippen LogP contribution in [0.5, 0.6) is 0 Å². The van der Waals surface area contributed by atoms with Crippen molar-refractivity contribution in [2.24, 2.45) is 0 Å². The zero-order valence-electron chi connectivity index (χ0n) is 9.97. The standard InChI is InChI=1S/C13H13ClN2S/c1-13(2,3)8-4-5-9(14)11-10(8)7(6-15)12(16)17-11/h4-5H,16H2,1-3H3. The zero-order chi connectivity index (χ0) is 12.8. The minimum atomic E-state index is -0.0397. The first-order valence-electron chi connectivity index (χ1n) is 5.27. The van der Waals surface area contributed by atoms with E-state index in [1.54, 1.807) is 0 Å². The Bertz CT molecular complexity index is 629. The van der Waals surface area contributed by atoms with E-state index in [2.05, 4.69) is 26.8 Å². The number of halogens is 1. The van der Waals surface area contributed by atoms with E-state index in [4.69, 9.17) is 17.3 Å². The molecule has 0 saturated carbocycles. The number of nitriles is 1. The fraction of sp³-hybridized carbons (Fsp3) is 0.308. The lowest BCUT2D eigenvalue weighted by Gasteiger charge is -2.20. The second-order valence-electron chi connectivity index (χ2n) is 5.00. The number of hydrogen-bond acceptors (Lipinski definition) is 3. The fourth-order valence-corrected chi connectivity index (χ4v) is 3.15. The number of nitrogen functional groups attached to an aromatic ring is 1. The van der Waals surface area contributed by atoms with E-state index in [1.807, 2.05) is 12.1 Å². The Morgan fingerprint density at radius 2 is 2.00 bits per heavy atom. The maximum atomic E-state index is 9.22. The molecule has 0 saturated heterocycles. The highest BCUT2D eigenvalue weighted by Gasteiger charge is 2.22. The molecule has 88 valence electrons. The Balaban J connectivity index is 2.98. The Hall–Kier alpha value is -1.24. The van der Waals surface area contributed by atoms with Gasteiger partial charge in [-0.2, -0.15) is 5.26 Å². The van der Waals surface area contributed by atoms with Gasteiger partial charge >= 0.3 is 0 Å². The van der Waals surface area contributed by atoms with Gasteiger partial charge in [-0.25, -0.2) is 0 Å². The second-order valence-corrected chi connectivity index (χ2v) is 6.46. The summed E-state index contributed by atoms with van der Waals surface area (Å²) in [5.74, 6) is 0. The molecular formula is C13H13ClN2S. The summed E-state index contributed by atoms with van der Waals surface area (Å²) in [6.45, 7) is 6.35. The van der Waals surface area contributed by atoms with Crippen LogP contribution in [0.3, 0.4) is 0 Å². The first-order chi connectivity index (χ1) is 7.86. The van der Waals surface area contributed by atoms with E-state index in [0.29, 0.717) is 15.6 Å². The van der Waals surface area contributed by atoms with Crippen molar-refractivity contribution in [2.75, 3.05) is 5.73 Å². The van der Waals surface area contributed by atoms with Gasteiger partial charge in [0.2, 0.25) is 0 Å². The van der Waals surface area contributed by atoms with Crippen LogP contribution in [0.15, 0.2) is 12.1 Å². The molecule has 0 bridgehead atoms. The summed E-state index contributed by atoms with van der Waals surface area (Å²) >= 11 is 7.55. The minimum Gasteiger partial charge on any atom is -0.389 e. The maximum absolute atomic E-state index is 9.22. The summed E-state index contributed by atoms with van der Waals surface area (Å²) in [5.41, 5.74) is 7.51. The van der Waals surface area contributed by atoms with Crippen LogP contribution in [-0.2, 0) is 5.41 Å². The van der Waals surface area contributed by atoms with E-state index in [0.717, 1.165) is 15.6 Å². The number of benzene rings is 1. The lowest BCUT2D eigenvalue weighted by Crippen LogP contribution is -2.11. The molecule has 0 radical (unpaired) electrons. The molecule has 2 nitrogen and oxygen atoms in total. The molecule has 1 heterocycles. The van der Waals surface area contributed by atoms with Crippen molar-refractivity contribution >= 4 is 38.0 Å². The van der Waals surface area contributed by atoms with Crippen molar-refractivity contribution in [3.63, 3.8) is 0 Å². The van der Waals surface area contributed by atoms with Gasteiger partial charge in [0.15, 0.2) is 0 Å². The number of rotatable bonds is 0. The Morgan fingerprint density at radius 1 is 1.35 bits per heavy atom. The smallest absolute Gasteiger partial charge is 0.105 e. The molecule has 2 rings (SSSR count). The molecule has 0 amide bonds. The molecule has 0 unspecified atom stereocenters. The minimum absolute atomic E-state index is 0.0397. The van der Waals surface area contributed by atoms with Crippen LogP contribution >= 0.6 is 22.9 Å². The van der Waals surface area contributed by atoms with Crippen LogP contribution in [0.4, 0.5) is 5.00 Å². The van der Waals surface area contributed by atoms with Crippen LogP contribution in [0.25, 0.3) is 10.1 Å². The van der Waals surface area contributed by atoms with Crippen molar-refractivity contribution in [2.45, 2.75) is 26.2 Å². The van der Waals surface area contributed by atoms with E-state index >= 15 is 0 Å². The molecule has 0 aliphatic heterocycles. The lowest BCUT2D eigenvalue weighted by atomic mass is 9.84. The van der Waals surface area contributed by atoms with Crippen molar-refractivity contribution in [3.05, 3.63) is 28.3 Å². The largest absolute Gasteiger partial charge is 0.389 e. The summed E-state index contributed by atoms with van der Waals surface area (Å²) in [6, 6.07) is 6.05. The number of hydrogen-bond donors (Lipinski definition) is 1. The summed E-state index contributed by atoms with van der Waals surface area (Å²) in [7, 11) is 0. The highest BCUT2D eigenvalue weighted by molar-refractivity contribution is 7.23. The Labute approximate surface area is 110 Å². The molecule has 0 spiro atoms. The van der Waals surface area contributed by atoms with E-state index < -0.39 is 0 Å². The summed E-state index contributed by atoms with van der Waals surface area (Å²) in [6.07, 6.45) is 0. The molecule has 2 aromatic rings. The third-order valence-corrected chi connectivity index (χ3v) is 4.22. The van der Waals surface area contributed by atoms with Gasteiger partial charge in [0, 0.05) is 5.39 Å². The molecular weight excluding hydrogens is 252 g/mol. The van der Waals surface area contributed by atoms with Gasteiger partial charge in [-0.1, -0.05) is 38.4 Å². The van der Waals surface area contributed by atoms with E-state index in [1.165, 1.54) is 11.3 Å². The fourth-order valence-electron chi connectivity index (χ4n) is 1.93. The van der Waals surface area contributed by atoms with Crippen LogP contribution in [-0.4, -0.2) is 0 Å². The van der Waals surface area contributed by atoms with Gasteiger partial charge in [0.1, 0.15) is 11.1 Å². The van der Waals surface area contributed by atoms with Gasteiger partial charge in [-0.05, 0) is 17.0 Å². The van der Waals surface area contributed by atoms with Gasteiger partial charge in [0.05, 0.1) is 15.3 Å². The molecule has 1 aromatic heterocycles. The molecule has 0 atom stereocenters. The monoisotopic (exact) mass is 264 g/mol. The predicted octanol–water partition coefficient (Wildman–Crippen LogP) is 4.31. The first-order valence-corrected chi connectivity index (χ1v) is 6.46. The Kier molecular flexibility index (Phi) is 2.81. The summed E-state index contributed by atoms with van der Waals surface area (Å²) in [4.78, 5) is 0. The summed E-state index contributed by atoms with van der Waals surface area (Å²) in [5, 5.41) is 11.3. The van der Waals surface area contributed by atoms with Gasteiger partial charge in [0.25, 0.3) is 0 Å². The average molecular weight is 265 g/mol. The van der Waals surface area contributed by atoms with E-state index in [-0.39, 0.29) is 5.41 Å². The second kappa shape index (κ2) is 3.90. The van der Waals surface area contributed by atoms with E-state index in [9.17, 15) is 5.26 Å². The predicted molar refractivity (Wildman–Crippen MR) is 74.7 cm³/mol. The number of anilines is 1. The van der Waals surface area contributed by atoms with Crippen LogP contribution in [0.1, 0.15) is 31.9 Å².